The van der Waals surface area contributed by atoms with Crippen LogP contribution in [-0.2, 0) is 4.74 Å². The van der Waals surface area contributed by atoms with Crippen LogP contribution >= 0.6 is 11.6 Å². The maximum atomic E-state index is 6.13. The average Bonchev–Trinajstić information content (AvgIpc) is 2.70. The van der Waals surface area contributed by atoms with Gasteiger partial charge in [0.05, 0.1) is 0 Å². The Kier molecular flexibility index (Phi) is 7.05. The Balaban J connectivity index is 2.55. The van der Waals surface area contributed by atoms with Gasteiger partial charge in [-0.15, -0.1) is 0 Å². The zero-order chi connectivity index (χ0) is 13.8. The molecule has 0 aromatic heterocycles. The van der Waals surface area contributed by atoms with Crippen molar-refractivity contribution in [2.45, 2.75) is 66.1 Å². The summed E-state index contributed by atoms with van der Waals surface area (Å²) in [5.41, 5.74) is 0. The van der Waals surface area contributed by atoms with Crippen molar-refractivity contribution in [2.24, 2.45) is 5.92 Å². The second-order valence-electron chi connectivity index (χ2n) is 6.56. The summed E-state index contributed by atoms with van der Waals surface area (Å²) in [5.74, 6) is 1.15. The van der Waals surface area contributed by atoms with Gasteiger partial charge in [0, 0.05) is 0 Å². The van der Waals surface area contributed by atoms with Gasteiger partial charge in [0.25, 0.3) is 0 Å². The summed E-state index contributed by atoms with van der Waals surface area (Å²) >= 11 is 4.06. The van der Waals surface area contributed by atoms with Crippen molar-refractivity contribution in [1.29, 1.82) is 0 Å². The topological polar surface area (TPSA) is 9.23 Å². The van der Waals surface area contributed by atoms with Crippen LogP contribution in [0.15, 0.2) is 10.2 Å². The molecule has 0 aromatic carbocycles. The van der Waals surface area contributed by atoms with E-state index in [2.05, 4.69) is 28.3 Å². The molecule has 0 saturated carbocycles. The number of hydrogen-bond acceptors (Lipinski definition) is 1. The Morgan fingerprint density at radius 1 is 1.33 bits per heavy atom. The fourth-order valence-electron chi connectivity index (χ4n) is 2.71. The molecular weight excluding hydrogens is 350 g/mol. The molecule has 0 spiro atoms. The van der Waals surface area contributed by atoms with Crippen LogP contribution in [0.3, 0.4) is 0 Å². The average molecular weight is 380 g/mol. The minimum absolute atomic E-state index is 0.224. The molecule has 0 unspecified atom stereocenters. The first-order chi connectivity index (χ1) is 8.40. The van der Waals surface area contributed by atoms with Gasteiger partial charge in [-0.25, -0.2) is 0 Å². The molecule has 0 amide bonds. The van der Waals surface area contributed by atoms with Crippen molar-refractivity contribution in [3.8, 4) is 0 Å². The normalized spacial score (nSPS) is 28.6. The summed E-state index contributed by atoms with van der Waals surface area (Å²) in [5, 5.41) is 0. The van der Waals surface area contributed by atoms with Gasteiger partial charge in [-0.2, -0.15) is 0 Å². The van der Waals surface area contributed by atoms with Crippen LogP contribution in [0.5, 0.6) is 0 Å². The second kappa shape index (κ2) is 7.54. The van der Waals surface area contributed by atoms with Gasteiger partial charge in [-0.05, 0) is 0 Å². The van der Waals surface area contributed by atoms with Crippen LogP contribution in [0, 0.1) is 5.92 Å². The first-order valence-corrected chi connectivity index (χ1v) is 17.8. The molecule has 1 rings (SSSR count). The van der Waals surface area contributed by atoms with Crippen LogP contribution in [0.2, 0.25) is 14.8 Å². The van der Waals surface area contributed by atoms with Crippen LogP contribution in [0.4, 0.5) is 0 Å². The van der Waals surface area contributed by atoms with Gasteiger partial charge in [-0.3, -0.25) is 0 Å². The van der Waals surface area contributed by atoms with Gasteiger partial charge in [0.2, 0.25) is 0 Å². The van der Waals surface area contributed by atoms with E-state index in [4.69, 9.17) is 16.3 Å². The Morgan fingerprint density at radius 3 is 2.50 bits per heavy atom. The summed E-state index contributed by atoms with van der Waals surface area (Å²) in [6.07, 6.45) is 6.89. The van der Waals surface area contributed by atoms with Crippen LogP contribution in [0.1, 0.15) is 39.0 Å². The Labute approximate surface area is 122 Å². The first kappa shape index (κ1) is 16.8. The van der Waals surface area contributed by atoms with E-state index in [9.17, 15) is 0 Å². The molecule has 106 valence electrons. The summed E-state index contributed by atoms with van der Waals surface area (Å²) in [4.78, 5) is 7.31. The van der Waals surface area contributed by atoms with Gasteiger partial charge < -0.3 is 0 Å². The number of rotatable bonds is 7. The number of ether oxygens (including phenoxy) is 1. The third kappa shape index (κ3) is 4.72. The molecule has 0 N–H and O–H groups in total. The standard InChI is InChI=1S/C12H20ClO.3CH3.Sn/c1-3-5-6-7-11-8-10(4-2)12(9-13)14-11;;;;/h10-12H,2-3,5-9H2,1H3;3*1H3;/t10-,11+,12-;;;;/m1..../s1. The van der Waals surface area contributed by atoms with E-state index in [0.29, 0.717) is 17.9 Å². The SMILES string of the molecule is C=[C]([C@@H]1C[C@H](CCCCC)O[C@@H]1CCl)[Sn]([CH3])([CH3])[CH3]. The molecule has 0 aliphatic carbocycles. The van der Waals surface area contributed by atoms with Crippen molar-refractivity contribution in [3.63, 3.8) is 0 Å². The fraction of sp³-hybridized carbons (Fsp3) is 0.867. The van der Waals surface area contributed by atoms with Crippen molar-refractivity contribution < 1.29 is 4.74 Å². The summed E-state index contributed by atoms with van der Waals surface area (Å²) < 4.78 is 7.63. The summed E-state index contributed by atoms with van der Waals surface area (Å²) in [6, 6.07) is 0. The number of hydrogen-bond donors (Lipinski definition) is 0. The Bertz CT molecular complexity index is 272. The van der Waals surface area contributed by atoms with Crippen LogP contribution in [0.25, 0.3) is 0 Å². The van der Waals surface area contributed by atoms with E-state index in [-0.39, 0.29) is 6.10 Å². The molecule has 3 heteroatoms. The molecule has 3 atom stereocenters. The molecule has 1 heterocycles. The molecule has 1 saturated heterocycles. The molecule has 0 radical (unpaired) electrons. The van der Waals surface area contributed by atoms with Gasteiger partial charge in [-0.1, -0.05) is 0 Å². The zero-order valence-electron chi connectivity index (χ0n) is 12.5. The summed E-state index contributed by atoms with van der Waals surface area (Å²) in [6.45, 7) is 6.64. The first-order valence-electron chi connectivity index (χ1n) is 7.30. The van der Waals surface area contributed by atoms with E-state index >= 15 is 0 Å². The molecule has 1 fully saturated rings. The maximum absolute atomic E-state index is 6.13. The van der Waals surface area contributed by atoms with Crippen molar-refractivity contribution in [1.82, 2.24) is 0 Å². The number of alkyl halides is 1. The third-order valence-corrected chi connectivity index (χ3v) is 10.9. The molecule has 0 bridgehead atoms. The molecular formula is C15H29ClOSn. The van der Waals surface area contributed by atoms with E-state index in [1.165, 1.54) is 29.3 Å². The van der Waals surface area contributed by atoms with Crippen molar-refractivity contribution >= 4 is 30.0 Å². The predicted molar refractivity (Wildman–Crippen MR) is 84.1 cm³/mol. The van der Waals surface area contributed by atoms with Crippen molar-refractivity contribution in [2.75, 3.05) is 5.88 Å². The van der Waals surface area contributed by atoms with Crippen LogP contribution in [-0.4, -0.2) is 36.5 Å². The van der Waals surface area contributed by atoms with Crippen LogP contribution < -0.4 is 0 Å². The molecule has 0 aromatic rings. The molecule has 1 aliphatic heterocycles. The van der Waals surface area contributed by atoms with Crippen molar-refractivity contribution in [3.05, 3.63) is 10.2 Å². The van der Waals surface area contributed by atoms with Gasteiger partial charge in [0.15, 0.2) is 0 Å². The number of unbranched alkanes of at least 4 members (excludes halogenated alkanes) is 2. The monoisotopic (exact) mass is 380 g/mol. The zero-order valence-corrected chi connectivity index (χ0v) is 16.1. The Hall–Kier alpha value is 0.789. The van der Waals surface area contributed by atoms with Gasteiger partial charge >= 0.3 is 123 Å². The second-order valence-corrected chi connectivity index (χ2v) is 21.5. The predicted octanol–water partition coefficient (Wildman–Crippen LogP) is 5.01. The fourth-order valence-corrected chi connectivity index (χ4v) is 7.04. The quantitative estimate of drug-likeness (QED) is 0.343. The van der Waals surface area contributed by atoms with E-state index in [0.717, 1.165) is 6.42 Å². The Morgan fingerprint density at radius 2 is 2.00 bits per heavy atom. The molecule has 18 heavy (non-hydrogen) atoms. The van der Waals surface area contributed by atoms with E-state index in [1.54, 1.807) is 0 Å². The minimum atomic E-state index is -2.02. The summed E-state index contributed by atoms with van der Waals surface area (Å²) in [7, 11) is 0. The molecule has 1 aliphatic rings. The van der Waals surface area contributed by atoms with E-state index in [1.807, 2.05) is 0 Å². The van der Waals surface area contributed by atoms with Gasteiger partial charge in [0.1, 0.15) is 0 Å². The third-order valence-electron chi connectivity index (χ3n) is 4.03. The number of halogens is 1. The van der Waals surface area contributed by atoms with E-state index < -0.39 is 18.4 Å². The molecule has 1 nitrogen and oxygen atoms in total.